The van der Waals surface area contributed by atoms with E-state index in [9.17, 15) is 14.9 Å². The minimum absolute atomic E-state index is 0.0709. The van der Waals surface area contributed by atoms with Gasteiger partial charge in [-0.2, -0.15) is 5.26 Å². The molecular weight excluding hydrogens is 416 g/mol. The average Bonchev–Trinajstić information content (AvgIpc) is 3.32. The third-order valence-electron chi connectivity index (χ3n) is 5.18. The summed E-state index contributed by atoms with van der Waals surface area (Å²) in [5.74, 6) is -0.0643. The van der Waals surface area contributed by atoms with E-state index in [0.717, 1.165) is 37.7 Å². The molecule has 0 saturated heterocycles. The molecule has 0 fully saturated rings. The van der Waals surface area contributed by atoms with Crippen LogP contribution in [0.1, 0.15) is 42.2 Å². The van der Waals surface area contributed by atoms with Crippen LogP contribution in [0.5, 0.6) is 0 Å². The predicted octanol–water partition coefficient (Wildman–Crippen LogP) is 4.35. The number of nitrogens with zero attached hydrogens (tertiary/aromatic N) is 3. The molecule has 30 heavy (non-hydrogen) atoms. The summed E-state index contributed by atoms with van der Waals surface area (Å²) in [6, 6.07) is 9.54. The molecule has 1 amide bonds. The van der Waals surface area contributed by atoms with E-state index < -0.39 is 0 Å². The van der Waals surface area contributed by atoms with Gasteiger partial charge in [-0.15, -0.1) is 11.3 Å². The Bertz CT molecular complexity index is 1210. The van der Waals surface area contributed by atoms with Crippen molar-refractivity contribution in [2.45, 2.75) is 50.7 Å². The molecule has 2 heterocycles. The van der Waals surface area contributed by atoms with Gasteiger partial charge in [-0.3, -0.25) is 14.2 Å². The minimum atomic E-state index is -0.194. The second kappa shape index (κ2) is 9.02. The Hall–Kier alpha value is -2.63. The third-order valence-corrected chi connectivity index (χ3v) is 7.36. The first-order chi connectivity index (χ1) is 14.6. The van der Waals surface area contributed by atoms with Crippen LogP contribution < -0.4 is 10.9 Å². The van der Waals surface area contributed by atoms with Crippen LogP contribution in [0.25, 0.3) is 10.9 Å². The van der Waals surface area contributed by atoms with E-state index in [1.165, 1.54) is 28.0 Å². The van der Waals surface area contributed by atoms with Crippen molar-refractivity contribution in [1.82, 2.24) is 9.55 Å². The summed E-state index contributed by atoms with van der Waals surface area (Å²) >= 11 is 2.77. The topological polar surface area (TPSA) is 87.8 Å². The van der Waals surface area contributed by atoms with Gasteiger partial charge >= 0.3 is 0 Å². The van der Waals surface area contributed by atoms with Crippen LogP contribution in [0.2, 0.25) is 0 Å². The molecule has 4 rings (SSSR count). The first-order valence-electron chi connectivity index (χ1n) is 10.1. The van der Waals surface area contributed by atoms with Gasteiger partial charge in [0, 0.05) is 11.4 Å². The van der Waals surface area contributed by atoms with Crippen LogP contribution >= 0.6 is 23.1 Å². The van der Waals surface area contributed by atoms with Gasteiger partial charge in [0.25, 0.3) is 5.56 Å². The Labute approximate surface area is 182 Å². The number of carbonyl (C=O) groups is 1. The SMILES string of the molecule is CCCCn1c(SCC(=O)Nc2sc3c(c2C#N)CCC3)nc2ccccc2c1=O. The monoisotopic (exact) mass is 438 g/mol. The van der Waals surface area contributed by atoms with Gasteiger partial charge in [0.15, 0.2) is 5.16 Å². The number of unbranched alkanes of at least 4 members (excludes halogenated alkanes) is 1. The molecule has 0 atom stereocenters. The van der Waals surface area contributed by atoms with Gasteiger partial charge in [-0.05, 0) is 43.4 Å². The third kappa shape index (κ3) is 4.00. The number of rotatable bonds is 7. The van der Waals surface area contributed by atoms with Crippen LogP contribution in [-0.4, -0.2) is 21.2 Å². The number of benzene rings is 1. The number of para-hydroxylation sites is 1. The molecule has 0 spiro atoms. The number of nitriles is 1. The van der Waals surface area contributed by atoms with E-state index in [-0.39, 0.29) is 17.2 Å². The Morgan fingerprint density at radius 1 is 1.37 bits per heavy atom. The lowest BCUT2D eigenvalue weighted by Crippen LogP contribution is -2.24. The number of hydrogen-bond donors (Lipinski definition) is 1. The smallest absolute Gasteiger partial charge is 0.262 e. The molecule has 0 bridgehead atoms. The van der Waals surface area contributed by atoms with Gasteiger partial charge in [-0.1, -0.05) is 37.2 Å². The molecule has 6 nitrogen and oxygen atoms in total. The van der Waals surface area contributed by atoms with Gasteiger partial charge in [0.1, 0.15) is 11.1 Å². The van der Waals surface area contributed by atoms with Crippen LogP contribution in [0.4, 0.5) is 5.00 Å². The molecule has 0 unspecified atom stereocenters. The van der Waals surface area contributed by atoms with Crippen molar-refractivity contribution >= 4 is 44.9 Å². The number of anilines is 1. The number of fused-ring (bicyclic) bond motifs is 2. The zero-order valence-corrected chi connectivity index (χ0v) is 18.4. The maximum atomic E-state index is 12.9. The summed E-state index contributed by atoms with van der Waals surface area (Å²) in [4.78, 5) is 31.4. The van der Waals surface area contributed by atoms with Gasteiger partial charge in [0.2, 0.25) is 5.91 Å². The molecule has 8 heteroatoms. The Morgan fingerprint density at radius 2 is 2.20 bits per heavy atom. The van der Waals surface area contributed by atoms with Crippen LogP contribution in [0, 0.1) is 11.3 Å². The fourth-order valence-electron chi connectivity index (χ4n) is 3.67. The maximum Gasteiger partial charge on any atom is 0.262 e. The van der Waals surface area contributed by atoms with Crippen molar-refractivity contribution in [3.8, 4) is 6.07 Å². The molecule has 0 saturated carbocycles. The van der Waals surface area contributed by atoms with Crippen LogP contribution in [-0.2, 0) is 24.2 Å². The molecule has 1 aliphatic rings. The van der Waals surface area contributed by atoms with Gasteiger partial charge < -0.3 is 5.32 Å². The van der Waals surface area contributed by atoms with E-state index in [4.69, 9.17) is 0 Å². The van der Waals surface area contributed by atoms with Crippen LogP contribution in [0.15, 0.2) is 34.2 Å². The minimum Gasteiger partial charge on any atom is -0.316 e. The normalized spacial score (nSPS) is 12.7. The van der Waals surface area contributed by atoms with Crippen molar-refractivity contribution in [1.29, 1.82) is 5.26 Å². The fourth-order valence-corrected chi connectivity index (χ4v) is 5.76. The summed E-state index contributed by atoms with van der Waals surface area (Å²) in [6.45, 7) is 2.65. The number of amides is 1. The van der Waals surface area contributed by atoms with Crippen molar-refractivity contribution < 1.29 is 4.79 Å². The number of carbonyl (C=O) groups excluding carboxylic acids is 1. The van der Waals surface area contributed by atoms with Crippen molar-refractivity contribution in [2.24, 2.45) is 0 Å². The maximum absolute atomic E-state index is 12.9. The van der Waals surface area contributed by atoms with Gasteiger partial charge in [0.05, 0.1) is 22.2 Å². The first kappa shape index (κ1) is 20.6. The summed E-state index contributed by atoms with van der Waals surface area (Å²) in [5.41, 5.74) is 2.27. The van der Waals surface area contributed by atoms with E-state index in [1.807, 2.05) is 18.2 Å². The average molecular weight is 439 g/mol. The highest BCUT2D eigenvalue weighted by Crippen LogP contribution is 2.38. The fraction of sp³-hybridized carbons (Fsp3) is 0.364. The lowest BCUT2D eigenvalue weighted by Gasteiger charge is -2.12. The molecule has 1 aromatic carbocycles. The van der Waals surface area contributed by atoms with Gasteiger partial charge in [-0.25, -0.2) is 4.98 Å². The largest absolute Gasteiger partial charge is 0.316 e. The van der Waals surface area contributed by atoms with Crippen LogP contribution in [0.3, 0.4) is 0 Å². The summed E-state index contributed by atoms with van der Waals surface area (Å²) in [6.07, 6.45) is 4.78. The number of hydrogen-bond acceptors (Lipinski definition) is 6. The molecule has 1 aliphatic carbocycles. The molecular formula is C22H22N4O2S2. The lowest BCUT2D eigenvalue weighted by atomic mass is 10.1. The quantitative estimate of drug-likeness (QED) is 0.438. The molecule has 154 valence electrons. The van der Waals surface area contributed by atoms with Crippen molar-refractivity contribution in [3.63, 3.8) is 0 Å². The lowest BCUT2D eigenvalue weighted by molar-refractivity contribution is -0.113. The summed E-state index contributed by atoms with van der Waals surface area (Å²) in [5, 5.41) is 14.2. The van der Waals surface area contributed by atoms with Crippen molar-refractivity contribution in [3.05, 3.63) is 50.6 Å². The zero-order chi connectivity index (χ0) is 21.1. The summed E-state index contributed by atoms with van der Waals surface area (Å²) in [7, 11) is 0. The molecule has 2 aromatic heterocycles. The van der Waals surface area contributed by atoms with E-state index >= 15 is 0 Å². The van der Waals surface area contributed by atoms with E-state index in [0.29, 0.717) is 33.2 Å². The standard InChI is InChI=1S/C22H22N4O2S2/c1-2-3-11-26-21(28)15-7-4-5-9-17(15)24-22(26)29-13-19(27)25-20-16(12-23)14-8-6-10-18(14)30-20/h4-5,7,9H,2-3,6,8,10-11,13H2,1H3,(H,25,27). The highest BCUT2D eigenvalue weighted by molar-refractivity contribution is 7.99. The Kier molecular flexibility index (Phi) is 6.21. The number of thioether (sulfide) groups is 1. The first-order valence-corrected chi connectivity index (χ1v) is 11.9. The second-order valence-electron chi connectivity index (χ2n) is 7.23. The second-order valence-corrected chi connectivity index (χ2v) is 9.28. The highest BCUT2D eigenvalue weighted by Gasteiger charge is 2.23. The number of aryl methyl sites for hydroxylation is 1. The zero-order valence-electron chi connectivity index (χ0n) is 16.7. The molecule has 1 N–H and O–H groups in total. The number of nitrogens with one attached hydrogen (secondary N) is 1. The predicted molar refractivity (Wildman–Crippen MR) is 121 cm³/mol. The summed E-state index contributed by atoms with van der Waals surface area (Å²) < 4.78 is 1.67. The molecule has 0 radical (unpaired) electrons. The number of aromatic nitrogens is 2. The molecule has 3 aromatic rings. The Morgan fingerprint density at radius 3 is 3.00 bits per heavy atom. The Balaban J connectivity index is 1.54. The highest BCUT2D eigenvalue weighted by atomic mass is 32.2. The number of thiophene rings is 1. The van der Waals surface area contributed by atoms with Crippen molar-refractivity contribution in [2.75, 3.05) is 11.1 Å². The van der Waals surface area contributed by atoms with E-state index in [2.05, 4.69) is 23.3 Å². The van der Waals surface area contributed by atoms with E-state index in [1.54, 1.807) is 10.6 Å². The molecule has 0 aliphatic heterocycles.